The van der Waals surface area contributed by atoms with Crippen molar-refractivity contribution in [2.75, 3.05) is 43.2 Å². The molecule has 2 saturated heterocycles. The maximum atomic E-state index is 17.0. The summed E-state index contributed by atoms with van der Waals surface area (Å²) >= 11 is 7.93. The fourth-order valence-electron chi connectivity index (χ4n) is 8.35. The minimum atomic E-state index is -0.848. The summed E-state index contributed by atoms with van der Waals surface area (Å²) in [6.45, 7) is 3.84. The van der Waals surface area contributed by atoms with E-state index >= 15 is 4.39 Å². The van der Waals surface area contributed by atoms with Gasteiger partial charge >= 0.3 is 6.01 Å². The fraction of sp³-hybridized carbons (Fsp3) is 0.395. The first kappa shape index (κ1) is 35.9. The molecule has 6 heterocycles. The van der Waals surface area contributed by atoms with Crippen LogP contribution in [0.5, 0.6) is 11.8 Å². The zero-order valence-electron chi connectivity index (χ0n) is 29.3. The molecular weight excluding hydrogens is 739 g/mol. The molecule has 11 nitrogen and oxygen atoms in total. The van der Waals surface area contributed by atoms with Gasteiger partial charge in [-0.15, -0.1) is 11.3 Å². The molecule has 0 amide bonds. The monoisotopic (exact) mass is 773 g/mol. The van der Waals surface area contributed by atoms with E-state index in [1.165, 1.54) is 32.1 Å². The molecule has 0 spiro atoms. The largest absolute Gasteiger partial charge is 0.489 e. The van der Waals surface area contributed by atoms with Crippen LogP contribution in [0.15, 0.2) is 30.5 Å². The van der Waals surface area contributed by atoms with Gasteiger partial charge in [0.25, 0.3) is 0 Å². The van der Waals surface area contributed by atoms with E-state index in [9.17, 15) is 19.3 Å². The lowest BCUT2D eigenvalue weighted by Gasteiger charge is -2.37. The van der Waals surface area contributed by atoms with Crippen LogP contribution >= 0.6 is 22.9 Å². The van der Waals surface area contributed by atoms with Crippen LogP contribution in [0.1, 0.15) is 49.8 Å². The zero-order valence-corrected chi connectivity index (χ0v) is 30.9. The third kappa shape index (κ3) is 5.86. The van der Waals surface area contributed by atoms with Crippen molar-refractivity contribution in [3.05, 3.63) is 58.2 Å². The summed E-state index contributed by atoms with van der Waals surface area (Å²) in [7, 11) is 1.37. The number of hydrogen-bond donors (Lipinski definition) is 2. The highest BCUT2D eigenvalue weighted by Gasteiger charge is 2.49. The Kier molecular flexibility index (Phi) is 9.28. The third-order valence-corrected chi connectivity index (χ3v) is 12.4. The van der Waals surface area contributed by atoms with Crippen molar-refractivity contribution >= 4 is 60.6 Å². The van der Waals surface area contributed by atoms with E-state index in [2.05, 4.69) is 20.9 Å². The van der Waals surface area contributed by atoms with Gasteiger partial charge in [0, 0.05) is 35.3 Å². The summed E-state index contributed by atoms with van der Waals surface area (Å²) in [5.41, 5.74) is 12.9. The molecule has 3 aliphatic heterocycles. The summed E-state index contributed by atoms with van der Waals surface area (Å²) < 4.78 is 56.4. The van der Waals surface area contributed by atoms with Gasteiger partial charge in [-0.25, -0.2) is 18.2 Å². The van der Waals surface area contributed by atoms with E-state index in [-0.39, 0.29) is 83.7 Å². The number of nitrogens with two attached hydrogens (primary N) is 2. The van der Waals surface area contributed by atoms with Gasteiger partial charge in [0.1, 0.15) is 46.8 Å². The molecule has 0 bridgehead atoms. The number of pyridine rings is 1. The molecule has 6 unspecified atom stereocenters. The molecular formula is C38H35ClF3N9O2S. The summed E-state index contributed by atoms with van der Waals surface area (Å²) in [6, 6.07) is 10.1. The summed E-state index contributed by atoms with van der Waals surface area (Å²) in [5.74, 6) is -1.07. The number of halogens is 4. The second-order valence-electron chi connectivity index (χ2n) is 14.0. The molecule has 1 aliphatic carbocycles. The van der Waals surface area contributed by atoms with Gasteiger partial charge in [0.15, 0.2) is 11.6 Å². The average Bonchev–Trinajstić information content (AvgIpc) is 3.56. The Hall–Kier alpha value is -5.09. The number of benzene rings is 2. The van der Waals surface area contributed by atoms with Crippen LogP contribution in [-0.2, 0) is 0 Å². The molecule has 5 aromatic rings. The lowest BCUT2D eigenvalue weighted by molar-refractivity contribution is 0.266. The second kappa shape index (κ2) is 14.0. The Labute approximate surface area is 317 Å². The van der Waals surface area contributed by atoms with Gasteiger partial charge < -0.3 is 25.8 Å². The number of nitrogen functional groups attached to an aromatic ring is 2. The number of anilines is 3. The molecule has 278 valence electrons. The number of ether oxygens (including phenoxy) is 2. The Morgan fingerprint density at radius 1 is 1.15 bits per heavy atom. The maximum Gasteiger partial charge on any atom is 0.318 e. The number of alkyl halides is 1. The smallest absolute Gasteiger partial charge is 0.318 e. The topological polar surface area (TPSA) is 163 Å². The van der Waals surface area contributed by atoms with Crippen LogP contribution in [0.4, 0.5) is 29.8 Å². The van der Waals surface area contributed by atoms with Crippen molar-refractivity contribution in [2.45, 2.75) is 56.9 Å². The predicted octanol–water partition coefficient (Wildman–Crippen LogP) is 7.56. The molecule has 3 aromatic heterocycles. The lowest BCUT2D eigenvalue weighted by atomic mass is 9.96. The van der Waals surface area contributed by atoms with Crippen LogP contribution in [0.3, 0.4) is 0 Å². The Bertz CT molecular complexity index is 2390. The van der Waals surface area contributed by atoms with E-state index in [4.69, 9.17) is 37.5 Å². The van der Waals surface area contributed by atoms with E-state index in [0.29, 0.717) is 30.4 Å². The van der Waals surface area contributed by atoms with Crippen molar-refractivity contribution in [1.82, 2.24) is 19.9 Å². The number of aromatic nitrogens is 3. The van der Waals surface area contributed by atoms with Gasteiger partial charge in [-0.05, 0) is 62.8 Å². The van der Waals surface area contributed by atoms with Crippen LogP contribution in [-0.4, -0.2) is 64.9 Å². The Balaban J connectivity index is 0.000000399. The number of thiophene rings is 1. The van der Waals surface area contributed by atoms with Crippen molar-refractivity contribution < 1.29 is 22.6 Å². The normalized spacial score (nSPS) is 23.5. The van der Waals surface area contributed by atoms with Gasteiger partial charge in [-0.2, -0.15) is 20.5 Å². The first-order valence-corrected chi connectivity index (χ1v) is 18.8. The van der Waals surface area contributed by atoms with E-state index in [1.807, 2.05) is 24.0 Å². The van der Waals surface area contributed by atoms with E-state index in [1.54, 1.807) is 12.3 Å². The zero-order chi connectivity index (χ0) is 38.0. The number of rotatable bonds is 5. The molecule has 54 heavy (non-hydrogen) atoms. The van der Waals surface area contributed by atoms with Gasteiger partial charge in [0.05, 0.1) is 51.9 Å². The van der Waals surface area contributed by atoms with Crippen LogP contribution in [0.25, 0.3) is 32.1 Å². The molecule has 9 rings (SSSR count). The average molecular weight is 774 g/mol. The molecule has 0 radical (unpaired) electrons. The Morgan fingerprint density at radius 3 is 2.67 bits per heavy atom. The minimum absolute atomic E-state index is 0.0122. The number of hydrogen-bond acceptors (Lipinski definition) is 12. The second-order valence-corrected chi connectivity index (χ2v) is 15.5. The number of fused-ring (bicyclic) bond motifs is 2. The number of nitriles is 2. The molecule has 4 N–H and O–H groups in total. The third-order valence-electron chi connectivity index (χ3n) is 11.0. The van der Waals surface area contributed by atoms with Gasteiger partial charge in [-0.1, -0.05) is 23.7 Å². The molecule has 2 aromatic carbocycles. The maximum absolute atomic E-state index is 17.0. The first-order chi connectivity index (χ1) is 26.1. The van der Waals surface area contributed by atoms with E-state index < -0.39 is 29.9 Å². The highest BCUT2D eigenvalue weighted by Crippen LogP contribution is 2.54. The molecule has 3 fully saturated rings. The predicted molar refractivity (Wildman–Crippen MR) is 201 cm³/mol. The summed E-state index contributed by atoms with van der Waals surface area (Å²) in [6.07, 6.45) is 5.03. The summed E-state index contributed by atoms with van der Waals surface area (Å²) in [5, 5.41) is 19.9. The summed E-state index contributed by atoms with van der Waals surface area (Å²) in [4.78, 5) is 17.6. The van der Waals surface area contributed by atoms with Crippen molar-refractivity contribution in [2.24, 2.45) is 11.8 Å². The quantitative estimate of drug-likeness (QED) is 0.181. The first-order valence-electron chi connectivity index (χ1n) is 17.6. The van der Waals surface area contributed by atoms with Gasteiger partial charge in [0.2, 0.25) is 0 Å². The molecule has 1 saturated carbocycles. The Morgan fingerprint density at radius 2 is 1.96 bits per heavy atom. The van der Waals surface area contributed by atoms with Gasteiger partial charge in [-0.3, -0.25) is 4.90 Å². The lowest BCUT2D eigenvalue weighted by Crippen LogP contribution is -2.43. The van der Waals surface area contributed by atoms with Crippen molar-refractivity contribution in [1.29, 1.82) is 10.5 Å². The number of nitrogens with zero attached hydrogens (tertiary/aromatic N) is 7. The molecule has 4 aliphatic rings. The highest BCUT2D eigenvalue weighted by atomic mass is 35.5. The SMILES string of the molecule is COc1nc2c3c(c(Cl)c(-c4ccc(F)c5sc(N)c(C#N)c45)c(F)c3n1)OCC(C1CC1C#N)N2C(C)c1cccnc1N.FC1CC2CCCN2C1. The van der Waals surface area contributed by atoms with Crippen molar-refractivity contribution in [3.8, 4) is 35.0 Å². The van der Waals surface area contributed by atoms with Crippen LogP contribution < -0.4 is 25.8 Å². The minimum Gasteiger partial charge on any atom is -0.489 e. The van der Waals surface area contributed by atoms with Crippen molar-refractivity contribution in [3.63, 3.8) is 0 Å². The highest BCUT2D eigenvalue weighted by molar-refractivity contribution is 7.23. The molecule has 16 heteroatoms. The van der Waals surface area contributed by atoms with Crippen LogP contribution in [0.2, 0.25) is 5.02 Å². The standard InChI is InChI=1S/C31H23ClF2N8O2S.C7H12FN/c1-12(14-4-3-7-39-28(14)37)42-19(16-8-13(16)9-35)11-44-26-22-25(40-31(43-2)41-30(22)42)24(34)21(23(26)32)15-5-6-18(33)27-20(15)17(10-36)29(38)45-27;8-6-4-7-2-1-3-9(7)5-6/h3-7,12-13,16,19H,8,11,38H2,1-2H3,(H2,37,39);6-7H,1-5H2. The van der Waals surface area contributed by atoms with Crippen LogP contribution in [0, 0.1) is 46.1 Å². The fourth-order valence-corrected chi connectivity index (χ4v) is 9.63. The molecule has 6 atom stereocenters. The van der Waals surface area contributed by atoms with E-state index in [0.717, 1.165) is 24.3 Å². The number of methoxy groups -OCH3 is 1.